The molecular formula is C26H25NO3. The van der Waals surface area contributed by atoms with Gasteiger partial charge in [-0.05, 0) is 65.9 Å². The van der Waals surface area contributed by atoms with Crippen LogP contribution in [-0.2, 0) is 0 Å². The first-order chi connectivity index (χ1) is 14.7. The van der Waals surface area contributed by atoms with Crippen LogP contribution in [0, 0.1) is 6.92 Å². The third-order valence-corrected chi connectivity index (χ3v) is 6.23. The lowest BCUT2D eigenvalue weighted by Gasteiger charge is -2.17. The molecule has 0 spiro atoms. The van der Waals surface area contributed by atoms with Crippen LogP contribution >= 0.6 is 0 Å². The Morgan fingerprint density at radius 2 is 1.77 bits per heavy atom. The van der Waals surface area contributed by atoms with E-state index in [1.54, 1.807) is 0 Å². The highest BCUT2D eigenvalue weighted by Gasteiger charge is 2.25. The van der Waals surface area contributed by atoms with Crippen LogP contribution in [0.25, 0.3) is 10.8 Å². The quantitative estimate of drug-likeness (QED) is 0.535. The standard InChI is InChI=1S/C26H25NO3/c1-18-4-2-3-5-23(18)21-8-10-27(17-21)11-9-24(28)20-7-6-19-15-25-26(16-22(19)14-20)30-13-12-29-25/h2-7,12-16,21H,8-11,17H2,1H3. The van der Waals surface area contributed by atoms with E-state index in [4.69, 9.17) is 9.47 Å². The number of fused-ring (bicyclic) bond motifs is 2. The van der Waals surface area contributed by atoms with Crippen LogP contribution in [0.3, 0.4) is 0 Å². The van der Waals surface area contributed by atoms with Crippen molar-refractivity contribution in [1.29, 1.82) is 0 Å². The Morgan fingerprint density at radius 3 is 2.57 bits per heavy atom. The molecule has 0 saturated carbocycles. The highest BCUT2D eigenvalue weighted by atomic mass is 16.5. The van der Waals surface area contributed by atoms with Crippen molar-refractivity contribution in [3.8, 4) is 11.5 Å². The zero-order chi connectivity index (χ0) is 20.5. The van der Waals surface area contributed by atoms with Gasteiger partial charge in [-0.1, -0.05) is 36.4 Å². The number of rotatable bonds is 5. The lowest BCUT2D eigenvalue weighted by molar-refractivity contribution is 0.0969. The molecule has 1 saturated heterocycles. The Morgan fingerprint density at radius 1 is 1.00 bits per heavy atom. The molecule has 30 heavy (non-hydrogen) atoms. The fraction of sp³-hybridized carbons (Fsp3) is 0.269. The van der Waals surface area contributed by atoms with E-state index in [1.165, 1.54) is 23.7 Å². The SMILES string of the molecule is Cc1ccccc1C1CCN(CCC(=O)c2ccc3cc4c(cc3c2)OC=CO4)C1. The first-order valence-corrected chi connectivity index (χ1v) is 10.5. The predicted molar refractivity (Wildman–Crippen MR) is 118 cm³/mol. The molecule has 5 rings (SSSR count). The van der Waals surface area contributed by atoms with Crippen LogP contribution in [0.1, 0.15) is 40.2 Å². The maximum absolute atomic E-state index is 12.8. The van der Waals surface area contributed by atoms with Gasteiger partial charge in [0.2, 0.25) is 0 Å². The first-order valence-electron chi connectivity index (χ1n) is 10.5. The summed E-state index contributed by atoms with van der Waals surface area (Å²) in [4.78, 5) is 15.3. The molecule has 4 nitrogen and oxygen atoms in total. The molecule has 152 valence electrons. The minimum Gasteiger partial charge on any atom is -0.458 e. The van der Waals surface area contributed by atoms with Gasteiger partial charge >= 0.3 is 0 Å². The van der Waals surface area contributed by atoms with Crippen LogP contribution in [0.15, 0.2) is 67.1 Å². The van der Waals surface area contributed by atoms with Crippen molar-refractivity contribution >= 4 is 16.6 Å². The largest absolute Gasteiger partial charge is 0.458 e. The van der Waals surface area contributed by atoms with Crippen molar-refractivity contribution in [2.45, 2.75) is 25.7 Å². The van der Waals surface area contributed by atoms with Crippen molar-refractivity contribution in [1.82, 2.24) is 4.90 Å². The molecule has 4 heteroatoms. The molecule has 3 aromatic rings. The van der Waals surface area contributed by atoms with E-state index in [-0.39, 0.29) is 5.78 Å². The summed E-state index contributed by atoms with van der Waals surface area (Å²) in [5.41, 5.74) is 3.57. The Bertz CT molecular complexity index is 1130. The van der Waals surface area contributed by atoms with E-state index in [0.717, 1.165) is 42.4 Å². The summed E-state index contributed by atoms with van der Waals surface area (Å²) in [6, 6.07) is 18.4. The second kappa shape index (κ2) is 7.96. The Hall–Kier alpha value is -3.11. The number of benzene rings is 3. The molecule has 1 fully saturated rings. The molecular weight excluding hydrogens is 374 g/mol. The number of ether oxygens (including phenoxy) is 2. The summed E-state index contributed by atoms with van der Waals surface area (Å²) in [7, 11) is 0. The van der Waals surface area contributed by atoms with Gasteiger partial charge < -0.3 is 14.4 Å². The average molecular weight is 399 g/mol. The van der Waals surface area contributed by atoms with E-state index in [1.807, 2.05) is 30.3 Å². The number of ketones is 1. The molecule has 0 N–H and O–H groups in total. The van der Waals surface area contributed by atoms with E-state index in [9.17, 15) is 4.79 Å². The smallest absolute Gasteiger partial charge is 0.169 e. The Labute approximate surface area is 176 Å². The van der Waals surface area contributed by atoms with Gasteiger partial charge in [0.1, 0.15) is 12.5 Å². The number of carbonyl (C=O) groups is 1. The van der Waals surface area contributed by atoms with Crippen molar-refractivity contribution in [3.05, 3.63) is 83.8 Å². The van der Waals surface area contributed by atoms with E-state index in [2.05, 4.69) is 36.1 Å². The van der Waals surface area contributed by atoms with Crippen LogP contribution < -0.4 is 9.47 Å². The average Bonchev–Trinajstić information content (AvgIpc) is 3.24. The second-order valence-electron chi connectivity index (χ2n) is 8.18. The maximum atomic E-state index is 12.8. The number of carbonyl (C=O) groups excluding carboxylic acids is 1. The number of aryl methyl sites for hydroxylation is 1. The fourth-order valence-corrected chi connectivity index (χ4v) is 4.55. The number of hydrogen-bond acceptors (Lipinski definition) is 4. The summed E-state index contributed by atoms with van der Waals surface area (Å²) >= 11 is 0. The Balaban J connectivity index is 1.24. The lowest BCUT2D eigenvalue weighted by atomic mass is 9.94. The van der Waals surface area contributed by atoms with Crippen LogP contribution in [0.2, 0.25) is 0 Å². The summed E-state index contributed by atoms with van der Waals surface area (Å²) in [5, 5.41) is 2.02. The molecule has 1 unspecified atom stereocenters. The van der Waals surface area contributed by atoms with Gasteiger partial charge in [-0.15, -0.1) is 0 Å². The van der Waals surface area contributed by atoms with Gasteiger partial charge in [-0.25, -0.2) is 0 Å². The second-order valence-corrected chi connectivity index (χ2v) is 8.18. The molecule has 2 aliphatic rings. The van der Waals surface area contributed by atoms with Gasteiger partial charge in [0.15, 0.2) is 17.3 Å². The number of likely N-dealkylation sites (tertiary alicyclic amines) is 1. The summed E-state index contributed by atoms with van der Waals surface area (Å²) < 4.78 is 11.0. The van der Waals surface area contributed by atoms with Crippen molar-refractivity contribution in [2.75, 3.05) is 19.6 Å². The molecule has 0 aromatic heterocycles. The van der Waals surface area contributed by atoms with Gasteiger partial charge in [0.25, 0.3) is 0 Å². The van der Waals surface area contributed by atoms with Gasteiger partial charge in [0, 0.05) is 25.1 Å². The number of hydrogen-bond donors (Lipinski definition) is 0. The third-order valence-electron chi connectivity index (χ3n) is 6.23. The number of nitrogens with zero attached hydrogens (tertiary/aromatic N) is 1. The molecule has 0 amide bonds. The molecule has 0 radical (unpaired) electrons. The van der Waals surface area contributed by atoms with Crippen LogP contribution in [0.4, 0.5) is 0 Å². The lowest BCUT2D eigenvalue weighted by Crippen LogP contribution is -2.23. The van der Waals surface area contributed by atoms with Crippen LogP contribution in [0.5, 0.6) is 11.5 Å². The van der Waals surface area contributed by atoms with Gasteiger partial charge in [0.05, 0.1) is 0 Å². The van der Waals surface area contributed by atoms with Gasteiger partial charge in [-0.2, -0.15) is 0 Å². The highest BCUT2D eigenvalue weighted by Crippen LogP contribution is 2.35. The predicted octanol–water partition coefficient (Wildman–Crippen LogP) is 5.45. The summed E-state index contributed by atoms with van der Waals surface area (Å²) in [5.74, 6) is 2.13. The van der Waals surface area contributed by atoms with Crippen molar-refractivity contribution in [2.24, 2.45) is 0 Å². The molecule has 2 heterocycles. The normalized spacial score (nSPS) is 18.1. The summed E-state index contributed by atoms with van der Waals surface area (Å²) in [6.07, 6.45) is 4.74. The highest BCUT2D eigenvalue weighted by molar-refractivity contribution is 6.00. The van der Waals surface area contributed by atoms with E-state index in [0.29, 0.717) is 23.8 Å². The fourth-order valence-electron chi connectivity index (χ4n) is 4.55. The molecule has 0 aliphatic carbocycles. The molecule has 0 bridgehead atoms. The monoisotopic (exact) mass is 399 g/mol. The zero-order valence-corrected chi connectivity index (χ0v) is 17.1. The third kappa shape index (κ3) is 3.71. The zero-order valence-electron chi connectivity index (χ0n) is 17.1. The summed E-state index contributed by atoms with van der Waals surface area (Å²) in [6.45, 7) is 5.09. The van der Waals surface area contributed by atoms with Gasteiger partial charge in [-0.3, -0.25) is 4.79 Å². The van der Waals surface area contributed by atoms with Crippen LogP contribution in [-0.4, -0.2) is 30.3 Å². The minimum atomic E-state index is 0.186. The topological polar surface area (TPSA) is 38.8 Å². The Kier molecular flexibility index (Phi) is 5.01. The molecule has 2 aliphatic heterocycles. The first kappa shape index (κ1) is 18.9. The molecule has 1 atom stereocenters. The maximum Gasteiger partial charge on any atom is 0.169 e. The molecule has 3 aromatic carbocycles. The van der Waals surface area contributed by atoms with Crippen molar-refractivity contribution < 1.29 is 14.3 Å². The van der Waals surface area contributed by atoms with E-state index >= 15 is 0 Å². The minimum absolute atomic E-state index is 0.186. The van der Waals surface area contributed by atoms with Crippen molar-refractivity contribution in [3.63, 3.8) is 0 Å². The van der Waals surface area contributed by atoms with E-state index < -0.39 is 0 Å². The number of Topliss-reactive ketones (excluding diaryl/α,β-unsaturated/α-hetero) is 1.